The molecule has 0 bridgehead atoms. The summed E-state index contributed by atoms with van der Waals surface area (Å²) in [6.07, 6.45) is 5.35. The first kappa shape index (κ1) is 16.5. The fourth-order valence-corrected chi connectivity index (χ4v) is 1.61. The Hall–Kier alpha value is -0.530. The molecule has 1 amide bonds. The van der Waals surface area contributed by atoms with Crippen molar-refractivity contribution in [2.45, 2.75) is 79.7 Å². The van der Waals surface area contributed by atoms with Crippen molar-refractivity contribution >= 4 is 5.91 Å². The van der Waals surface area contributed by atoms with Crippen molar-refractivity contribution in [3.8, 4) is 0 Å². The number of carbonyl (C=O) groups is 1. The predicted octanol–water partition coefficient (Wildman–Crippen LogP) is 4.14. The molecule has 0 aromatic carbocycles. The number of rotatable bonds is 7. The van der Waals surface area contributed by atoms with Gasteiger partial charge in [0.2, 0.25) is 5.91 Å². The maximum Gasteiger partial charge on any atom is 0.220 e. The van der Waals surface area contributed by atoms with E-state index in [0.29, 0.717) is 17.8 Å². The van der Waals surface area contributed by atoms with Crippen molar-refractivity contribution in [3.63, 3.8) is 0 Å². The summed E-state index contributed by atoms with van der Waals surface area (Å²) in [6.45, 7) is 13.1. The summed E-state index contributed by atoms with van der Waals surface area (Å²) in [5.74, 6) is 0.724. The van der Waals surface area contributed by atoms with E-state index < -0.39 is 0 Å². The fraction of sp³-hybridized carbons (Fsp3) is 0.933. The zero-order valence-electron chi connectivity index (χ0n) is 12.6. The van der Waals surface area contributed by atoms with Crippen molar-refractivity contribution in [3.05, 3.63) is 0 Å². The van der Waals surface area contributed by atoms with Gasteiger partial charge >= 0.3 is 0 Å². The minimum Gasteiger partial charge on any atom is -0.353 e. The highest BCUT2D eigenvalue weighted by atomic mass is 16.1. The van der Waals surface area contributed by atoms with Crippen LogP contribution in [0, 0.1) is 11.3 Å². The van der Waals surface area contributed by atoms with E-state index >= 15 is 0 Å². The second-order valence-electron chi connectivity index (χ2n) is 6.72. The normalized spacial score (nSPS) is 13.8. The summed E-state index contributed by atoms with van der Waals surface area (Å²) < 4.78 is 0. The Morgan fingerprint density at radius 3 is 2.12 bits per heavy atom. The first-order valence-electron chi connectivity index (χ1n) is 7.02. The van der Waals surface area contributed by atoms with Gasteiger partial charge < -0.3 is 5.32 Å². The third kappa shape index (κ3) is 10.3. The molecule has 0 aliphatic carbocycles. The summed E-state index contributed by atoms with van der Waals surface area (Å²) in [7, 11) is 0. The lowest BCUT2D eigenvalue weighted by molar-refractivity contribution is -0.122. The minimum absolute atomic E-state index is 0.210. The fourth-order valence-electron chi connectivity index (χ4n) is 1.61. The van der Waals surface area contributed by atoms with Crippen LogP contribution in [0.5, 0.6) is 0 Å². The molecule has 0 aromatic rings. The van der Waals surface area contributed by atoms with Gasteiger partial charge in [-0.25, -0.2) is 0 Å². The van der Waals surface area contributed by atoms with E-state index in [-0.39, 0.29) is 11.9 Å². The molecule has 0 aliphatic heterocycles. The number of amides is 1. The number of carbonyl (C=O) groups excluding carboxylic acids is 1. The quantitative estimate of drug-likeness (QED) is 0.667. The van der Waals surface area contributed by atoms with Crippen molar-refractivity contribution in [1.82, 2.24) is 5.32 Å². The van der Waals surface area contributed by atoms with E-state index in [2.05, 4.69) is 46.9 Å². The average Bonchev–Trinajstić information content (AvgIpc) is 2.15. The van der Waals surface area contributed by atoms with Crippen LogP contribution in [0.3, 0.4) is 0 Å². The van der Waals surface area contributed by atoms with E-state index in [1.165, 1.54) is 19.3 Å². The van der Waals surface area contributed by atoms with Crippen molar-refractivity contribution < 1.29 is 4.79 Å². The first-order valence-corrected chi connectivity index (χ1v) is 7.02. The molecule has 0 saturated heterocycles. The van der Waals surface area contributed by atoms with Crippen LogP contribution in [0.15, 0.2) is 0 Å². The van der Waals surface area contributed by atoms with Crippen LogP contribution < -0.4 is 5.32 Å². The zero-order valence-corrected chi connectivity index (χ0v) is 12.6. The maximum absolute atomic E-state index is 11.6. The molecule has 0 aliphatic rings. The van der Waals surface area contributed by atoms with Crippen LogP contribution >= 0.6 is 0 Å². The van der Waals surface area contributed by atoms with Crippen LogP contribution in [0.25, 0.3) is 0 Å². The van der Waals surface area contributed by atoms with Gasteiger partial charge in [0, 0.05) is 12.5 Å². The molecular formula is C15H31NO. The smallest absolute Gasteiger partial charge is 0.220 e. The highest BCUT2D eigenvalue weighted by molar-refractivity contribution is 5.76. The molecule has 0 rings (SSSR count). The molecule has 0 saturated carbocycles. The Balaban J connectivity index is 3.52. The van der Waals surface area contributed by atoms with Gasteiger partial charge in [0.15, 0.2) is 0 Å². The molecule has 0 aromatic heterocycles. The monoisotopic (exact) mass is 241 g/mol. The molecule has 0 heterocycles. The van der Waals surface area contributed by atoms with E-state index in [1.54, 1.807) is 0 Å². The Morgan fingerprint density at radius 1 is 1.06 bits per heavy atom. The molecule has 2 heteroatoms. The van der Waals surface area contributed by atoms with E-state index in [1.807, 2.05) is 0 Å². The molecule has 1 N–H and O–H groups in total. The first-order chi connectivity index (χ1) is 7.72. The van der Waals surface area contributed by atoms with Crippen molar-refractivity contribution in [2.24, 2.45) is 11.3 Å². The number of nitrogens with one attached hydrogen (secondary N) is 1. The lowest BCUT2D eigenvalue weighted by Gasteiger charge is -2.18. The lowest BCUT2D eigenvalue weighted by Crippen LogP contribution is -2.35. The third-order valence-electron chi connectivity index (χ3n) is 3.22. The zero-order chi connectivity index (χ0) is 13.5. The van der Waals surface area contributed by atoms with E-state index in [4.69, 9.17) is 0 Å². The Labute approximate surface area is 108 Å². The number of hydrogen-bond donors (Lipinski definition) is 1. The van der Waals surface area contributed by atoms with Gasteiger partial charge in [-0.05, 0) is 31.1 Å². The number of hydrogen-bond acceptors (Lipinski definition) is 1. The van der Waals surface area contributed by atoms with Crippen molar-refractivity contribution in [2.75, 3.05) is 0 Å². The summed E-state index contributed by atoms with van der Waals surface area (Å²) in [5.41, 5.74) is 0.425. The standard InChI is InChI=1S/C15H31NO/c1-12(2)13(3)16-14(17)10-8-7-9-11-15(4,5)6/h12-13H,7-11H2,1-6H3,(H,16,17)/t13-/m0/s1. The second kappa shape index (κ2) is 7.73. The maximum atomic E-state index is 11.6. The van der Waals surface area contributed by atoms with E-state index in [9.17, 15) is 4.79 Å². The highest BCUT2D eigenvalue weighted by Gasteiger charge is 2.11. The summed E-state index contributed by atoms with van der Waals surface area (Å²) in [5, 5.41) is 3.05. The summed E-state index contributed by atoms with van der Waals surface area (Å²) in [4.78, 5) is 11.6. The molecule has 1 atom stereocenters. The summed E-state index contributed by atoms with van der Waals surface area (Å²) in [6, 6.07) is 0.289. The van der Waals surface area contributed by atoms with Crippen molar-refractivity contribution in [1.29, 1.82) is 0 Å². The Morgan fingerprint density at radius 2 is 1.65 bits per heavy atom. The third-order valence-corrected chi connectivity index (χ3v) is 3.22. The molecule has 0 radical (unpaired) electrons. The van der Waals surface area contributed by atoms with Gasteiger partial charge in [0.1, 0.15) is 0 Å². The van der Waals surface area contributed by atoms with Crippen LogP contribution in [-0.4, -0.2) is 11.9 Å². The van der Waals surface area contributed by atoms with Gasteiger partial charge in [-0.1, -0.05) is 47.5 Å². The topological polar surface area (TPSA) is 29.1 Å². The molecular weight excluding hydrogens is 210 g/mol. The Kier molecular flexibility index (Phi) is 7.49. The largest absolute Gasteiger partial charge is 0.353 e. The van der Waals surface area contributed by atoms with Crippen LogP contribution in [0.2, 0.25) is 0 Å². The number of unbranched alkanes of at least 4 members (excludes halogenated alkanes) is 2. The van der Waals surface area contributed by atoms with Crippen LogP contribution in [0.1, 0.15) is 73.6 Å². The van der Waals surface area contributed by atoms with Gasteiger partial charge in [-0.15, -0.1) is 0 Å². The molecule has 0 unspecified atom stereocenters. The van der Waals surface area contributed by atoms with Crippen LogP contribution in [-0.2, 0) is 4.79 Å². The molecule has 0 fully saturated rings. The van der Waals surface area contributed by atoms with E-state index in [0.717, 1.165) is 6.42 Å². The van der Waals surface area contributed by atoms with Gasteiger partial charge in [0.25, 0.3) is 0 Å². The SMILES string of the molecule is CC(C)[C@H](C)NC(=O)CCCCCC(C)(C)C. The van der Waals surface area contributed by atoms with Gasteiger partial charge in [-0.3, -0.25) is 4.79 Å². The average molecular weight is 241 g/mol. The molecule has 2 nitrogen and oxygen atoms in total. The minimum atomic E-state index is 0.210. The molecule has 0 spiro atoms. The van der Waals surface area contributed by atoms with Gasteiger partial charge in [0.05, 0.1) is 0 Å². The second-order valence-corrected chi connectivity index (χ2v) is 6.72. The molecule has 17 heavy (non-hydrogen) atoms. The predicted molar refractivity (Wildman–Crippen MR) is 75.0 cm³/mol. The summed E-state index contributed by atoms with van der Waals surface area (Å²) >= 11 is 0. The lowest BCUT2D eigenvalue weighted by atomic mass is 9.89. The highest BCUT2D eigenvalue weighted by Crippen LogP contribution is 2.22. The van der Waals surface area contributed by atoms with Crippen LogP contribution in [0.4, 0.5) is 0 Å². The molecule has 102 valence electrons. The Bertz CT molecular complexity index is 215. The van der Waals surface area contributed by atoms with Gasteiger partial charge in [-0.2, -0.15) is 0 Å².